The lowest BCUT2D eigenvalue weighted by atomic mass is 10.1. The van der Waals surface area contributed by atoms with Crippen molar-refractivity contribution in [1.29, 1.82) is 0 Å². The Morgan fingerprint density at radius 2 is 1.81 bits per heavy atom. The maximum Gasteiger partial charge on any atom is 0.127 e. The molecule has 0 saturated carbocycles. The Balaban J connectivity index is 1.78. The molecule has 0 aromatic heterocycles. The molecule has 0 bridgehead atoms. The van der Waals surface area contributed by atoms with Gasteiger partial charge in [0.2, 0.25) is 0 Å². The highest BCUT2D eigenvalue weighted by Gasteiger charge is 2.05. The summed E-state index contributed by atoms with van der Waals surface area (Å²) in [6.45, 7) is 0.698. The fourth-order valence-electron chi connectivity index (χ4n) is 2.16. The molecule has 0 atom stereocenters. The Kier molecular flexibility index (Phi) is 6.42. The van der Waals surface area contributed by atoms with Gasteiger partial charge >= 0.3 is 0 Å². The first-order chi connectivity index (χ1) is 10.3. The molecule has 0 fully saturated rings. The number of ether oxygens (including phenoxy) is 2. The lowest BCUT2D eigenvalue weighted by molar-refractivity contribution is 0.302. The lowest BCUT2D eigenvalue weighted by Gasteiger charge is -2.11. The van der Waals surface area contributed by atoms with Crippen molar-refractivity contribution in [3.63, 3.8) is 0 Å². The van der Waals surface area contributed by atoms with Gasteiger partial charge < -0.3 is 9.47 Å². The van der Waals surface area contributed by atoms with Crippen LogP contribution in [0.15, 0.2) is 48.5 Å². The van der Waals surface area contributed by atoms with Crippen molar-refractivity contribution in [2.24, 2.45) is 0 Å². The Bertz CT molecular complexity index is 540. The zero-order chi connectivity index (χ0) is 14.9. The molecule has 0 aliphatic carbocycles. The third-order valence-electron chi connectivity index (χ3n) is 3.38. The van der Waals surface area contributed by atoms with Gasteiger partial charge in [0.15, 0.2) is 0 Å². The molecule has 0 amide bonds. The van der Waals surface area contributed by atoms with Crippen LogP contribution in [0.2, 0.25) is 0 Å². The summed E-state index contributed by atoms with van der Waals surface area (Å²) < 4.78 is 11.1. The van der Waals surface area contributed by atoms with Crippen LogP contribution in [0, 0.1) is 0 Å². The van der Waals surface area contributed by atoms with Crippen LogP contribution in [0.4, 0.5) is 0 Å². The summed E-state index contributed by atoms with van der Waals surface area (Å²) >= 11 is 5.93. The summed E-state index contributed by atoms with van der Waals surface area (Å²) in [5.41, 5.74) is 2.38. The van der Waals surface area contributed by atoms with Crippen molar-refractivity contribution < 1.29 is 9.47 Å². The van der Waals surface area contributed by atoms with E-state index in [1.165, 1.54) is 5.56 Å². The zero-order valence-corrected chi connectivity index (χ0v) is 13.1. The van der Waals surface area contributed by atoms with Gasteiger partial charge in [0.25, 0.3) is 0 Å². The van der Waals surface area contributed by atoms with Crippen LogP contribution in [-0.4, -0.2) is 13.7 Å². The Morgan fingerprint density at radius 1 is 1.00 bits per heavy atom. The molecule has 2 aromatic carbocycles. The molecule has 0 aliphatic rings. The largest absolute Gasteiger partial charge is 0.497 e. The number of unbranched alkanes of at least 4 members (excludes halogenated alkanes) is 1. The van der Waals surface area contributed by atoms with Gasteiger partial charge in [-0.3, -0.25) is 0 Å². The summed E-state index contributed by atoms with van der Waals surface area (Å²) in [5, 5.41) is 0. The Hall–Kier alpha value is -1.67. The molecule has 0 aliphatic heterocycles. The molecular formula is C18H21ClO2. The number of methoxy groups -OCH3 is 1. The van der Waals surface area contributed by atoms with Crippen molar-refractivity contribution in [2.45, 2.75) is 25.1 Å². The first-order valence-electron chi connectivity index (χ1n) is 7.23. The number of hydrogen-bond acceptors (Lipinski definition) is 2. The average molecular weight is 305 g/mol. The van der Waals surface area contributed by atoms with E-state index in [1.807, 2.05) is 24.3 Å². The van der Waals surface area contributed by atoms with E-state index in [2.05, 4.69) is 24.3 Å². The highest BCUT2D eigenvalue weighted by molar-refractivity contribution is 6.17. The molecule has 2 aromatic rings. The number of alkyl halides is 1. The van der Waals surface area contributed by atoms with Gasteiger partial charge in [0.1, 0.15) is 11.5 Å². The van der Waals surface area contributed by atoms with E-state index < -0.39 is 0 Å². The van der Waals surface area contributed by atoms with Gasteiger partial charge in [0, 0.05) is 11.6 Å². The molecule has 2 rings (SSSR count). The standard InChI is InChI=1S/C18H21ClO2/c1-20-17-11-10-16(14-19)18(13-17)21-12-6-5-9-15-7-3-2-4-8-15/h2-4,7-8,10-11,13H,5-6,9,12,14H2,1H3. The molecule has 0 radical (unpaired) electrons. The third-order valence-corrected chi connectivity index (χ3v) is 3.67. The zero-order valence-electron chi connectivity index (χ0n) is 12.3. The van der Waals surface area contributed by atoms with Gasteiger partial charge in [-0.25, -0.2) is 0 Å². The number of aryl methyl sites for hydroxylation is 1. The van der Waals surface area contributed by atoms with E-state index in [1.54, 1.807) is 7.11 Å². The van der Waals surface area contributed by atoms with Crippen molar-refractivity contribution in [1.82, 2.24) is 0 Å². The first kappa shape index (κ1) is 15.7. The van der Waals surface area contributed by atoms with Gasteiger partial charge in [-0.15, -0.1) is 11.6 Å². The van der Waals surface area contributed by atoms with Crippen molar-refractivity contribution >= 4 is 11.6 Å². The van der Waals surface area contributed by atoms with Crippen LogP contribution in [0.5, 0.6) is 11.5 Å². The number of hydrogen-bond donors (Lipinski definition) is 0. The molecule has 3 heteroatoms. The molecular weight excluding hydrogens is 284 g/mol. The minimum Gasteiger partial charge on any atom is -0.497 e. The molecule has 0 heterocycles. The predicted octanol–water partition coefficient (Wildman–Crippen LogP) is 4.84. The Morgan fingerprint density at radius 3 is 2.52 bits per heavy atom. The SMILES string of the molecule is COc1ccc(CCl)c(OCCCCc2ccccc2)c1. The molecule has 0 N–H and O–H groups in total. The Labute approximate surface area is 131 Å². The first-order valence-corrected chi connectivity index (χ1v) is 7.76. The second-order valence-electron chi connectivity index (χ2n) is 4.90. The number of halogens is 1. The molecule has 112 valence electrons. The summed E-state index contributed by atoms with van der Waals surface area (Å²) in [7, 11) is 1.65. The van der Waals surface area contributed by atoms with Crippen molar-refractivity contribution in [2.75, 3.05) is 13.7 Å². The maximum absolute atomic E-state index is 5.93. The van der Waals surface area contributed by atoms with E-state index in [-0.39, 0.29) is 0 Å². The summed E-state index contributed by atoms with van der Waals surface area (Å²) in [6.07, 6.45) is 3.22. The van der Waals surface area contributed by atoms with Crippen LogP contribution in [0.1, 0.15) is 24.0 Å². The quantitative estimate of drug-likeness (QED) is 0.513. The smallest absolute Gasteiger partial charge is 0.127 e. The van der Waals surface area contributed by atoms with E-state index in [0.717, 1.165) is 36.3 Å². The average Bonchev–Trinajstić information content (AvgIpc) is 2.55. The van der Waals surface area contributed by atoms with Crippen LogP contribution in [0.3, 0.4) is 0 Å². The fraction of sp³-hybridized carbons (Fsp3) is 0.333. The minimum atomic E-state index is 0.448. The monoisotopic (exact) mass is 304 g/mol. The van der Waals surface area contributed by atoms with Crippen molar-refractivity contribution in [3.05, 3.63) is 59.7 Å². The number of benzene rings is 2. The van der Waals surface area contributed by atoms with Crippen LogP contribution < -0.4 is 9.47 Å². The van der Waals surface area contributed by atoms with E-state index in [9.17, 15) is 0 Å². The number of rotatable bonds is 8. The van der Waals surface area contributed by atoms with Gasteiger partial charge in [0.05, 0.1) is 19.6 Å². The summed E-state index contributed by atoms with van der Waals surface area (Å²) in [5.74, 6) is 2.07. The van der Waals surface area contributed by atoms with Crippen LogP contribution in [0.25, 0.3) is 0 Å². The highest BCUT2D eigenvalue weighted by Crippen LogP contribution is 2.26. The van der Waals surface area contributed by atoms with Gasteiger partial charge in [-0.2, -0.15) is 0 Å². The highest BCUT2D eigenvalue weighted by atomic mass is 35.5. The molecule has 0 unspecified atom stereocenters. The van der Waals surface area contributed by atoms with E-state index >= 15 is 0 Å². The molecule has 0 spiro atoms. The second kappa shape index (κ2) is 8.58. The minimum absolute atomic E-state index is 0.448. The van der Waals surface area contributed by atoms with Crippen LogP contribution in [-0.2, 0) is 12.3 Å². The summed E-state index contributed by atoms with van der Waals surface area (Å²) in [6, 6.07) is 16.3. The topological polar surface area (TPSA) is 18.5 Å². The molecule has 0 saturated heterocycles. The third kappa shape index (κ3) is 4.98. The second-order valence-corrected chi connectivity index (χ2v) is 5.17. The summed E-state index contributed by atoms with van der Waals surface area (Å²) in [4.78, 5) is 0. The molecule has 2 nitrogen and oxygen atoms in total. The van der Waals surface area contributed by atoms with Crippen LogP contribution >= 0.6 is 11.6 Å². The van der Waals surface area contributed by atoms with Gasteiger partial charge in [-0.1, -0.05) is 36.4 Å². The molecule has 21 heavy (non-hydrogen) atoms. The van der Waals surface area contributed by atoms with Crippen molar-refractivity contribution in [3.8, 4) is 11.5 Å². The van der Waals surface area contributed by atoms with Gasteiger partial charge in [-0.05, 0) is 30.9 Å². The predicted molar refractivity (Wildman–Crippen MR) is 87.4 cm³/mol. The lowest BCUT2D eigenvalue weighted by Crippen LogP contribution is -2.01. The maximum atomic E-state index is 5.93. The normalized spacial score (nSPS) is 10.4. The fourth-order valence-corrected chi connectivity index (χ4v) is 2.39. The van der Waals surface area contributed by atoms with E-state index in [0.29, 0.717) is 12.5 Å². The van der Waals surface area contributed by atoms with E-state index in [4.69, 9.17) is 21.1 Å².